The van der Waals surface area contributed by atoms with E-state index < -0.39 is 0 Å². The van der Waals surface area contributed by atoms with E-state index in [9.17, 15) is 0 Å². The Morgan fingerprint density at radius 1 is 1.00 bits per heavy atom. The van der Waals surface area contributed by atoms with Crippen LogP contribution < -0.4 is 4.74 Å². The van der Waals surface area contributed by atoms with Gasteiger partial charge < -0.3 is 4.74 Å². The van der Waals surface area contributed by atoms with Gasteiger partial charge in [0.2, 0.25) is 0 Å². The Morgan fingerprint density at radius 2 is 1.68 bits per heavy atom. The molecule has 2 heteroatoms. The maximum Gasteiger partial charge on any atom is 0.119 e. The first-order valence-electron chi connectivity index (χ1n) is 7.32. The van der Waals surface area contributed by atoms with Gasteiger partial charge in [-0.2, -0.15) is 0 Å². The average molecular weight is 281 g/mol. The summed E-state index contributed by atoms with van der Waals surface area (Å²) in [6, 6.07) is 8.15. The van der Waals surface area contributed by atoms with E-state index in [-0.39, 0.29) is 0 Å². The van der Waals surface area contributed by atoms with Gasteiger partial charge in [0.15, 0.2) is 0 Å². The molecule has 0 aromatic heterocycles. The number of ether oxygens (including phenoxy) is 1. The fourth-order valence-electron chi connectivity index (χ4n) is 1.93. The quantitative estimate of drug-likeness (QED) is 0.396. The van der Waals surface area contributed by atoms with Gasteiger partial charge >= 0.3 is 0 Å². The summed E-state index contributed by atoms with van der Waals surface area (Å²) in [4.78, 5) is 0. The summed E-state index contributed by atoms with van der Waals surface area (Å²) in [7, 11) is 0. The van der Waals surface area contributed by atoms with E-state index in [1.165, 1.54) is 32.1 Å². The van der Waals surface area contributed by atoms with E-state index in [0.717, 1.165) is 24.3 Å². The Bertz CT molecular complexity index is 343. The number of alkyl halides is 1. The largest absolute Gasteiger partial charge is 0.494 e. The zero-order valence-electron chi connectivity index (χ0n) is 11.9. The van der Waals surface area contributed by atoms with Crippen LogP contribution in [0.4, 0.5) is 0 Å². The Kier molecular flexibility index (Phi) is 9.26. The van der Waals surface area contributed by atoms with Gasteiger partial charge in [0, 0.05) is 5.88 Å². The normalized spacial score (nSPS) is 11.1. The van der Waals surface area contributed by atoms with E-state index in [4.69, 9.17) is 16.3 Å². The monoisotopic (exact) mass is 280 g/mol. The van der Waals surface area contributed by atoms with Crippen molar-refractivity contribution in [3.05, 3.63) is 35.9 Å². The fourth-order valence-corrected chi connectivity index (χ4v) is 2.02. The molecule has 0 saturated carbocycles. The molecule has 1 aromatic carbocycles. The number of hydrogen-bond acceptors (Lipinski definition) is 1. The van der Waals surface area contributed by atoms with Crippen LogP contribution in [0.25, 0.3) is 6.08 Å². The number of halogens is 1. The molecule has 0 spiro atoms. The van der Waals surface area contributed by atoms with Gasteiger partial charge in [-0.3, -0.25) is 0 Å². The first kappa shape index (κ1) is 16.1. The molecule has 106 valence electrons. The van der Waals surface area contributed by atoms with Crippen LogP contribution in [0.15, 0.2) is 30.3 Å². The molecule has 0 bridgehead atoms. The molecule has 19 heavy (non-hydrogen) atoms. The molecule has 0 fully saturated rings. The lowest BCUT2D eigenvalue weighted by atomic mass is 10.1. The lowest BCUT2D eigenvalue weighted by molar-refractivity contribution is 0.304. The average Bonchev–Trinajstić information content (AvgIpc) is 2.45. The molecule has 0 aliphatic rings. The van der Waals surface area contributed by atoms with Gasteiger partial charge in [0.25, 0.3) is 0 Å². The van der Waals surface area contributed by atoms with Crippen molar-refractivity contribution < 1.29 is 4.74 Å². The summed E-state index contributed by atoms with van der Waals surface area (Å²) in [6.45, 7) is 3.07. The molecule has 0 heterocycles. The van der Waals surface area contributed by atoms with Crippen LogP contribution >= 0.6 is 11.6 Å². The highest BCUT2D eigenvalue weighted by atomic mass is 35.5. The van der Waals surface area contributed by atoms with Gasteiger partial charge in [0.1, 0.15) is 5.75 Å². The summed E-state index contributed by atoms with van der Waals surface area (Å²) < 4.78 is 5.72. The van der Waals surface area contributed by atoms with Crippen molar-refractivity contribution in [3.63, 3.8) is 0 Å². The van der Waals surface area contributed by atoms with Crippen LogP contribution in [0.1, 0.15) is 51.0 Å². The highest BCUT2D eigenvalue weighted by Crippen LogP contribution is 2.14. The molecular formula is C17H25ClO. The molecular weight excluding hydrogens is 256 g/mol. The molecule has 1 nitrogen and oxygen atoms in total. The lowest BCUT2D eigenvalue weighted by Crippen LogP contribution is -1.97. The molecule has 0 radical (unpaired) electrons. The first-order valence-corrected chi connectivity index (χ1v) is 7.85. The smallest absolute Gasteiger partial charge is 0.119 e. The van der Waals surface area contributed by atoms with Crippen molar-refractivity contribution in [2.75, 3.05) is 12.5 Å². The van der Waals surface area contributed by atoms with E-state index in [1.54, 1.807) is 0 Å². The lowest BCUT2D eigenvalue weighted by Gasteiger charge is -2.06. The van der Waals surface area contributed by atoms with Crippen molar-refractivity contribution in [2.45, 2.75) is 45.4 Å². The van der Waals surface area contributed by atoms with E-state index >= 15 is 0 Å². The molecule has 0 atom stereocenters. The highest BCUT2D eigenvalue weighted by Gasteiger charge is 1.94. The molecule has 1 aromatic rings. The van der Waals surface area contributed by atoms with Crippen molar-refractivity contribution >= 4 is 17.7 Å². The SMILES string of the molecule is CCCCCCCCOc1ccc(C=CCCl)cc1. The van der Waals surface area contributed by atoms with Crippen LogP contribution in [0.3, 0.4) is 0 Å². The third-order valence-corrected chi connectivity index (χ3v) is 3.22. The van der Waals surface area contributed by atoms with Crippen molar-refractivity contribution in [3.8, 4) is 5.75 Å². The third-order valence-electron chi connectivity index (χ3n) is 3.05. The van der Waals surface area contributed by atoms with Gasteiger partial charge in [-0.1, -0.05) is 63.3 Å². The Balaban J connectivity index is 2.14. The molecule has 0 saturated heterocycles. The number of rotatable bonds is 10. The summed E-state index contributed by atoms with van der Waals surface area (Å²) in [6.07, 6.45) is 11.7. The maximum atomic E-state index is 5.72. The molecule has 0 aliphatic carbocycles. The second-order valence-electron chi connectivity index (χ2n) is 4.74. The summed E-state index contributed by atoms with van der Waals surface area (Å²) in [5, 5.41) is 0. The fraction of sp³-hybridized carbons (Fsp3) is 0.529. The zero-order chi connectivity index (χ0) is 13.8. The Labute approximate surface area is 122 Å². The predicted molar refractivity (Wildman–Crippen MR) is 85.1 cm³/mol. The number of allylic oxidation sites excluding steroid dienone is 1. The number of unbranched alkanes of at least 4 members (excludes halogenated alkanes) is 5. The third kappa shape index (κ3) is 7.94. The van der Waals surface area contributed by atoms with E-state index in [1.807, 2.05) is 24.3 Å². The Morgan fingerprint density at radius 3 is 2.37 bits per heavy atom. The van der Waals surface area contributed by atoms with Crippen LogP contribution in [-0.4, -0.2) is 12.5 Å². The number of hydrogen-bond donors (Lipinski definition) is 0. The van der Waals surface area contributed by atoms with Crippen LogP contribution in [0.2, 0.25) is 0 Å². The van der Waals surface area contributed by atoms with Crippen LogP contribution in [0.5, 0.6) is 5.75 Å². The maximum absolute atomic E-state index is 5.72. The summed E-state index contributed by atoms with van der Waals surface area (Å²) in [5.41, 5.74) is 1.16. The minimum absolute atomic E-state index is 0.552. The minimum Gasteiger partial charge on any atom is -0.494 e. The topological polar surface area (TPSA) is 9.23 Å². The van der Waals surface area contributed by atoms with Crippen LogP contribution in [-0.2, 0) is 0 Å². The van der Waals surface area contributed by atoms with Gasteiger partial charge in [-0.25, -0.2) is 0 Å². The van der Waals surface area contributed by atoms with Crippen LogP contribution in [0, 0.1) is 0 Å². The summed E-state index contributed by atoms with van der Waals surface area (Å²) >= 11 is 5.60. The molecule has 0 N–H and O–H groups in total. The molecule has 0 aliphatic heterocycles. The van der Waals surface area contributed by atoms with Crippen molar-refractivity contribution in [2.24, 2.45) is 0 Å². The summed E-state index contributed by atoms with van der Waals surface area (Å²) in [5.74, 6) is 1.51. The number of benzene rings is 1. The van der Waals surface area contributed by atoms with Crippen molar-refractivity contribution in [1.82, 2.24) is 0 Å². The molecule has 1 rings (SSSR count). The minimum atomic E-state index is 0.552. The first-order chi connectivity index (χ1) is 9.36. The second kappa shape index (κ2) is 10.9. The van der Waals surface area contributed by atoms with E-state index in [2.05, 4.69) is 19.1 Å². The zero-order valence-corrected chi connectivity index (χ0v) is 12.7. The standard InChI is InChI=1S/C17H25ClO/c1-2-3-4-5-6-7-15-19-17-12-10-16(11-13-17)9-8-14-18/h8-13H,2-7,14-15H2,1H3. The van der Waals surface area contributed by atoms with Crippen molar-refractivity contribution in [1.29, 1.82) is 0 Å². The highest BCUT2D eigenvalue weighted by molar-refractivity contribution is 6.19. The second-order valence-corrected chi connectivity index (χ2v) is 5.05. The molecule has 0 amide bonds. The van der Waals surface area contributed by atoms with E-state index in [0.29, 0.717) is 5.88 Å². The Hall–Kier alpha value is -0.950. The van der Waals surface area contributed by atoms with Gasteiger partial charge in [0.05, 0.1) is 6.61 Å². The van der Waals surface area contributed by atoms with Gasteiger partial charge in [-0.05, 0) is 24.1 Å². The molecule has 0 unspecified atom stereocenters. The van der Waals surface area contributed by atoms with Gasteiger partial charge in [-0.15, -0.1) is 11.6 Å². The predicted octanol–water partition coefficient (Wildman–Crippen LogP) is 5.68.